The molecule has 0 spiro atoms. The number of aliphatic hydroxyl groups is 1. The molecule has 0 bridgehead atoms. The molecule has 6 nitrogen and oxygen atoms in total. The van der Waals surface area contributed by atoms with E-state index in [1.165, 1.54) is 0 Å². The molecule has 1 unspecified atom stereocenters. The molecule has 0 amide bonds. The van der Waals surface area contributed by atoms with Gasteiger partial charge >= 0.3 is 5.97 Å². The van der Waals surface area contributed by atoms with Crippen LogP contribution in [0.5, 0.6) is 0 Å². The van der Waals surface area contributed by atoms with Crippen molar-refractivity contribution in [1.82, 2.24) is 0 Å². The Hall–Kier alpha value is -2.21. The maximum Gasteiger partial charge on any atom is 0.362 e. The lowest BCUT2D eigenvalue weighted by Crippen LogP contribution is -2.33. The van der Waals surface area contributed by atoms with Gasteiger partial charge in [-0.15, -0.1) is 0 Å². The summed E-state index contributed by atoms with van der Waals surface area (Å²) in [5.41, 5.74) is 0.652. The SMILES string of the molecule is CCOC(=O)C(=NO)C(=NC1CCCC[C@H]1O)c1ccccc1. The predicted octanol–water partition coefficient (Wildman–Crippen LogP) is 2.17. The average molecular weight is 318 g/mol. The first-order valence-corrected chi connectivity index (χ1v) is 7.88. The van der Waals surface area contributed by atoms with Crippen molar-refractivity contribution in [3.8, 4) is 0 Å². The zero-order valence-corrected chi connectivity index (χ0v) is 13.2. The molecule has 0 aliphatic heterocycles. The zero-order valence-electron chi connectivity index (χ0n) is 13.2. The van der Waals surface area contributed by atoms with Crippen LogP contribution in [0.2, 0.25) is 0 Å². The fraction of sp³-hybridized carbons (Fsp3) is 0.471. The van der Waals surface area contributed by atoms with E-state index in [2.05, 4.69) is 10.1 Å². The Morgan fingerprint density at radius 3 is 2.57 bits per heavy atom. The minimum Gasteiger partial charge on any atom is -0.461 e. The molecule has 1 aliphatic carbocycles. The van der Waals surface area contributed by atoms with Crippen LogP contribution in [-0.4, -0.2) is 46.5 Å². The number of carbonyl (C=O) groups excluding carboxylic acids is 1. The van der Waals surface area contributed by atoms with Crippen molar-refractivity contribution in [3.05, 3.63) is 35.9 Å². The highest BCUT2D eigenvalue weighted by Gasteiger charge is 2.27. The van der Waals surface area contributed by atoms with E-state index in [0.717, 1.165) is 19.3 Å². The van der Waals surface area contributed by atoms with Crippen molar-refractivity contribution < 1.29 is 19.8 Å². The van der Waals surface area contributed by atoms with Gasteiger partial charge < -0.3 is 15.1 Å². The molecular formula is C17H22N2O4. The van der Waals surface area contributed by atoms with Crippen LogP contribution in [0.15, 0.2) is 40.5 Å². The van der Waals surface area contributed by atoms with Gasteiger partial charge in [-0.1, -0.05) is 48.3 Å². The Kier molecular flexibility index (Phi) is 6.29. The number of hydrogen-bond donors (Lipinski definition) is 2. The molecule has 1 saturated carbocycles. The number of aliphatic imine (C=N–C) groups is 1. The maximum absolute atomic E-state index is 12.1. The van der Waals surface area contributed by atoms with Gasteiger partial charge in [0.2, 0.25) is 5.71 Å². The molecular weight excluding hydrogens is 296 g/mol. The molecule has 0 heterocycles. The summed E-state index contributed by atoms with van der Waals surface area (Å²) in [5.74, 6) is -0.733. The normalized spacial score (nSPS) is 22.7. The molecule has 0 aromatic heterocycles. The van der Waals surface area contributed by atoms with E-state index in [4.69, 9.17) is 4.74 Å². The first-order valence-electron chi connectivity index (χ1n) is 7.88. The second-order valence-electron chi connectivity index (χ2n) is 5.43. The van der Waals surface area contributed by atoms with Crippen LogP contribution in [0, 0.1) is 0 Å². The molecule has 1 aliphatic rings. The largest absolute Gasteiger partial charge is 0.461 e. The molecule has 0 saturated heterocycles. The predicted molar refractivity (Wildman–Crippen MR) is 87.1 cm³/mol. The maximum atomic E-state index is 12.1. The second kappa shape index (κ2) is 8.43. The molecule has 1 aromatic carbocycles. The van der Waals surface area contributed by atoms with Gasteiger partial charge in [0.05, 0.1) is 18.8 Å². The van der Waals surface area contributed by atoms with Crippen LogP contribution < -0.4 is 0 Å². The Bertz CT molecular complexity index is 584. The fourth-order valence-corrected chi connectivity index (χ4v) is 2.66. The smallest absolute Gasteiger partial charge is 0.362 e. The minimum absolute atomic E-state index is 0.173. The standard InChI is InChI=1S/C17H22N2O4/c1-2-23-17(21)16(19-22)15(12-8-4-3-5-9-12)18-13-10-6-7-11-14(13)20/h3-5,8-9,13-14,20,22H,2,6-7,10-11H2,1H3/t13?,14-/m1/s1. The van der Waals surface area contributed by atoms with Crippen molar-refractivity contribution in [2.75, 3.05) is 6.61 Å². The Labute approximate surface area is 135 Å². The first-order chi connectivity index (χ1) is 11.2. The summed E-state index contributed by atoms with van der Waals surface area (Å²) in [6.45, 7) is 1.85. The number of nitrogens with zero attached hydrogens (tertiary/aromatic N) is 2. The van der Waals surface area contributed by atoms with Crippen molar-refractivity contribution in [2.24, 2.45) is 10.1 Å². The molecule has 2 N–H and O–H groups in total. The quantitative estimate of drug-likeness (QED) is 0.377. The van der Waals surface area contributed by atoms with Crippen LogP contribution in [0.1, 0.15) is 38.2 Å². The number of carbonyl (C=O) groups is 1. The molecule has 2 rings (SSSR count). The van der Waals surface area contributed by atoms with Crippen molar-refractivity contribution in [1.29, 1.82) is 0 Å². The number of esters is 1. The van der Waals surface area contributed by atoms with Crippen LogP contribution >= 0.6 is 0 Å². The molecule has 0 radical (unpaired) electrons. The molecule has 124 valence electrons. The summed E-state index contributed by atoms with van der Waals surface area (Å²) in [5, 5.41) is 22.5. The molecule has 6 heteroatoms. The number of benzene rings is 1. The monoisotopic (exact) mass is 318 g/mol. The number of aliphatic hydroxyl groups excluding tert-OH is 1. The molecule has 1 aromatic rings. The third kappa shape index (κ3) is 4.39. The summed E-state index contributed by atoms with van der Waals surface area (Å²) < 4.78 is 4.94. The van der Waals surface area contributed by atoms with Gasteiger partial charge in [-0.05, 0) is 19.8 Å². The van der Waals surface area contributed by atoms with Crippen LogP contribution in [0.25, 0.3) is 0 Å². The number of rotatable bonds is 5. The summed E-state index contributed by atoms with van der Waals surface area (Å²) in [7, 11) is 0. The van der Waals surface area contributed by atoms with E-state index >= 15 is 0 Å². The zero-order chi connectivity index (χ0) is 16.7. The Morgan fingerprint density at radius 2 is 1.96 bits per heavy atom. The lowest BCUT2D eigenvalue weighted by Gasteiger charge is -2.25. The molecule has 23 heavy (non-hydrogen) atoms. The first kappa shape index (κ1) is 17.1. The highest BCUT2D eigenvalue weighted by atomic mass is 16.5. The topological polar surface area (TPSA) is 91.5 Å². The highest BCUT2D eigenvalue weighted by molar-refractivity contribution is 6.68. The van der Waals surface area contributed by atoms with Crippen molar-refractivity contribution in [2.45, 2.75) is 44.8 Å². The van der Waals surface area contributed by atoms with E-state index in [-0.39, 0.29) is 24.1 Å². The van der Waals surface area contributed by atoms with Gasteiger partial charge in [-0.25, -0.2) is 4.79 Å². The third-order valence-electron chi connectivity index (χ3n) is 3.83. The lowest BCUT2D eigenvalue weighted by molar-refractivity contribution is -0.134. The van der Waals surface area contributed by atoms with Crippen molar-refractivity contribution in [3.63, 3.8) is 0 Å². The second-order valence-corrected chi connectivity index (χ2v) is 5.43. The summed E-state index contributed by atoms with van der Waals surface area (Å²) in [6, 6.07) is 8.70. The van der Waals surface area contributed by atoms with E-state index in [1.54, 1.807) is 19.1 Å². The number of ether oxygens (including phenoxy) is 1. The summed E-state index contributed by atoms with van der Waals surface area (Å²) >= 11 is 0. The lowest BCUT2D eigenvalue weighted by atomic mass is 9.92. The van der Waals surface area contributed by atoms with Crippen LogP contribution in [-0.2, 0) is 9.53 Å². The molecule has 2 atom stereocenters. The van der Waals surface area contributed by atoms with Gasteiger partial charge in [0.1, 0.15) is 5.71 Å². The van der Waals surface area contributed by atoms with Crippen LogP contribution in [0.4, 0.5) is 0 Å². The number of oxime groups is 1. The van der Waals surface area contributed by atoms with E-state index < -0.39 is 12.1 Å². The van der Waals surface area contributed by atoms with E-state index in [0.29, 0.717) is 12.0 Å². The van der Waals surface area contributed by atoms with E-state index in [1.807, 2.05) is 18.2 Å². The van der Waals surface area contributed by atoms with Gasteiger partial charge in [0.25, 0.3) is 0 Å². The Morgan fingerprint density at radius 1 is 1.26 bits per heavy atom. The van der Waals surface area contributed by atoms with Crippen LogP contribution in [0.3, 0.4) is 0 Å². The van der Waals surface area contributed by atoms with Crippen molar-refractivity contribution >= 4 is 17.4 Å². The van der Waals surface area contributed by atoms with Gasteiger partial charge in [0, 0.05) is 5.56 Å². The summed E-state index contributed by atoms with van der Waals surface area (Å²) in [6.07, 6.45) is 2.80. The van der Waals surface area contributed by atoms with Gasteiger partial charge in [-0.3, -0.25) is 4.99 Å². The Balaban J connectivity index is 2.41. The molecule has 1 fully saturated rings. The number of hydrogen-bond acceptors (Lipinski definition) is 6. The third-order valence-corrected chi connectivity index (χ3v) is 3.83. The van der Waals surface area contributed by atoms with Gasteiger partial charge in [0.15, 0.2) is 0 Å². The van der Waals surface area contributed by atoms with E-state index in [9.17, 15) is 15.1 Å². The summed E-state index contributed by atoms with van der Waals surface area (Å²) in [4.78, 5) is 16.6. The van der Waals surface area contributed by atoms with Gasteiger partial charge in [-0.2, -0.15) is 0 Å². The minimum atomic E-state index is -0.733. The highest BCUT2D eigenvalue weighted by Crippen LogP contribution is 2.22. The average Bonchev–Trinajstić information content (AvgIpc) is 2.57. The fourth-order valence-electron chi connectivity index (χ4n) is 2.66.